The molecule has 0 aliphatic heterocycles. The van der Waals surface area contributed by atoms with Crippen molar-refractivity contribution in [2.75, 3.05) is 11.1 Å². The number of anilines is 1. The average Bonchev–Trinajstić information content (AvgIpc) is 3.17. The fraction of sp³-hybridized carbons (Fsp3) is 0.423. The van der Waals surface area contributed by atoms with Crippen LogP contribution in [0, 0.1) is 12.8 Å². The largest absolute Gasteiger partial charge is 0.482 e. The molecule has 0 fully saturated rings. The van der Waals surface area contributed by atoms with E-state index >= 15 is 0 Å². The maximum atomic E-state index is 12.6. The van der Waals surface area contributed by atoms with Crippen LogP contribution in [0.5, 0.6) is 5.75 Å². The third kappa shape index (κ3) is 6.76. The number of carbonyl (C=O) groups excluding carboxylic acids is 1. The predicted molar refractivity (Wildman–Crippen MR) is 140 cm³/mol. The molecular formula is C26H33ClN4O2S. The molecule has 2 aromatic carbocycles. The third-order valence-corrected chi connectivity index (χ3v) is 6.51. The zero-order valence-electron chi connectivity index (χ0n) is 20.6. The van der Waals surface area contributed by atoms with Gasteiger partial charge in [0.05, 0.1) is 5.75 Å². The number of hydrogen-bond acceptors (Lipinski definition) is 5. The molecule has 1 atom stereocenters. The van der Waals surface area contributed by atoms with Crippen molar-refractivity contribution in [2.24, 2.45) is 5.92 Å². The maximum absolute atomic E-state index is 12.6. The van der Waals surface area contributed by atoms with E-state index in [9.17, 15) is 4.79 Å². The molecule has 0 aliphatic carbocycles. The van der Waals surface area contributed by atoms with Crippen molar-refractivity contribution in [2.45, 2.75) is 65.3 Å². The molecule has 8 heteroatoms. The zero-order chi connectivity index (χ0) is 24.8. The van der Waals surface area contributed by atoms with Gasteiger partial charge in [0.1, 0.15) is 5.75 Å². The van der Waals surface area contributed by atoms with Crippen LogP contribution in [0.25, 0.3) is 0 Å². The zero-order valence-corrected chi connectivity index (χ0v) is 22.2. The minimum atomic E-state index is -0.288. The van der Waals surface area contributed by atoms with Crippen LogP contribution < -0.4 is 10.1 Å². The van der Waals surface area contributed by atoms with Gasteiger partial charge in [0.25, 0.3) is 0 Å². The van der Waals surface area contributed by atoms with E-state index in [-0.39, 0.29) is 17.8 Å². The second kappa shape index (κ2) is 11.8. The number of halogens is 1. The molecule has 34 heavy (non-hydrogen) atoms. The number of aryl methyl sites for hydroxylation is 1. The Morgan fingerprint density at radius 1 is 1.12 bits per heavy atom. The van der Waals surface area contributed by atoms with E-state index in [0.29, 0.717) is 27.7 Å². The first kappa shape index (κ1) is 26.1. The average molecular weight is 501 g/mol. The smallest absolute Gasteiger partial charge is 0.234 e. The lowest BCUT2D eigenvalue weighted by Crippen LogP contribution is -2.17. The van der Waals surface area contributed by atoms with E-state index in [4.69, 9.17) is 16.3 Å². The summed E-state index contributed by atoms with van der Waals surface area (Å²) in [6.07, 6.45) is -0.288. The summed E-state index contributed by atoms with van der Waals surface area (Å²) in [7, 11) is 0. The number of rotatable bonds is 10. The summed E-state index contributed by atoms with van der Waals surface area (Å²) < 4.78 is 8.40. The number of amides is 1. The fourth-order valence-electron chi connectivity index (χ4n) is 3.60. The van der Waals surface area contributed by atoms with Crippen LogP contribution in [0.2, 0.25) is 5.02 Å². The van der Waals surface area contributed by atoms with Gasteiger partial charge in [0, 0.05) is 17.3 Å². The van der Waals surface area contributed by atoms with Gasteiger partial charge in [-0.1, -0.05) is 75.3 Å². The van der Waals surface area contributed by atoms with Crippen LogP contribution >= 0.6 is 23.4 Å². The minimum Gasteiger partial charge on any atom is -0.482 e. The van der Waals surface area contributed by atoms with E-state index in [2.05, 4.69) is 53.8 Å². The number of hydrogen-bond donors (Lipinski definition) is 1. The molecule has 1 aromatic heterocycles. The fourth-order valence-corrected chi connectivity index (χ4v) is 4.52. The normalized spacial score (nSPS) is 12.3. The highest BCUT2D eigenvalue weighted by Gasteiger charge is 2.22. The summed E-state index contributed by atoms with van der Waals surface area (Å²) in [6.45, 7) is 13.3. The third-order valence-electron chi connectivity index (χ3n) is 5.31. The van der Waals surface area contributed by atoms with Crippen LogP contribution in [0.4, 0.5) is 5.69 Å². The summed E-state index contributed by atoms with van der Waals surface area (Å²) in [5.41, 5.74) is 2.83. The second-order valence-corrected chi connectivity index (χ2v) is 10.5. The van der Waals surface area contributed by atoms with Crippen molar-refractivity contribution in [1.29, 1.82) is 0 Å². The summed E-state index contributed by atoms with van der Waals surface area (Å²) in [6, 6.07) is 13.5. The van der Waals surface area contributed by atoms with Gasteiger partial charge >= 0.3 is 0 Å². The summed E-state index contributed by atoms with van der Waals surface area (Å²) in [5, 5.41) is 13.1. The number of nitrogens with zero attached hydrogens (tertiary/aromatic N) is 3. The summed E-state index contributed by atoms with van der Waals surface area (Å²) >= 11 is 7.44. The molecule has 0 radical (unpaired) electrons. The van der Waals surface area contributed by atoms with Gasteiger partial charge in [-0.3, -0.25) is 4.79 Å². The lowest BCUT2D eigenvalue weighted by Gasteiger charge is -2.20. The molecular weight excluding hydrogens is 468 g/mol. The number of nitrogens with one attached hydrogen (secondary N) is 1. The van der Waals surface area contributed by atoms with Crippen LogP contribution in [0.15, 0.2) is 47.6 Å². The maximum Gasteiger partial charge on any atom is 0.234 e. The van der Waals surface area contributed by atoms with Crippen LogP contribution in [-0.4, -0.2) is 26.4 Å². The van der Waals surface area contributed by atoms with Crippen LogP contribution in [0.3, 0.4) is 0 Å². The van der Waals surface area contributed by atoms with Crippen molar-refractivity contribution in [3.63, 3.8) is 0 Å². The van der Waals surface area contributed by atoms with Gasteiger partial charge in [-0.25, -0.2) is 0 Å². The van der Waals surface area contributed by atoms with Crippen molar-refractivity contribution in [3.8, 4) is 5.75 Å². The summed E-state index contributed by atoms with van der Waals surface area (Å²) in [4.78, 5) is 12.6. The molecule has 3 aromatic rings. The predicted octanol–water partition coefficient (Wildman–Crippen LogP) is 6.89. The number of ether oxygens (including phenoxy) is 1. The Kier molecular flexibility index (Phi) is 9.03. The van der Waals surface area contributed by atoms with Gasteiger partial charge < -0.3 is 14.6 Å². The molecule has 3 rings (SSSR count). The first-order valence-corrected chi connectivity index (χ1v) is 12.9. The van der Waals surface area contributed by atoms with E-state index < -0.39 is 0 Å². The number of benzene rings is 2. The van der Waals surface area contributed by atoms with Crippen molar-refractivity contribution in [1.82, 2.24) is 14.8 Å². The van der Waals surface area contributed by atoms with Gasteiger partial charge in [0.15, 0.2) is 17.1 Å². The monoisotopic (exact) mass is 500 g/mol. The molecule has 0 saturated carbocycles. The van der Waals surface area contributed by atoms with Crippen LogP contribution in [0.1, 0.15) is 63.6 Å². The Labute approximate surface area is 211 Å². The number of carbonyl (C=O) groups is 1. The molecule has 1 unspecified atom stereocenters. The quantitative estimate of drug-likeness (QED) is 0.307. The Morgan fingerprint density at radius 2 is 1.85 bits per heavy atom. The molecule has 0 aliphatic rings. The Balaban J connectivity index is 1.75. The lowest BCUT2D eigenvalue weighted by atomic mass is 10.0. The molecule has 0 bridgehead atoms. The molecule has 1 heterocycles. The highest BCUT2D eigenvalue weighted by Crippen LogP contribution is 2.31. The van der Waals surface area contributed by atoms with E-state index in [1.807, 2.05) is 38.1 Å². The van der Waals surface area contributed by atoms with E-state index in [1.54, 1.807) is 12.1 Å². The highest BCUT2D eigenvalue weighted by atomic mass is 35.5. The topological polar surface area (TPSA) is 69.0 Å². The molecule has 1 amide bonds. The SMILES string of the molecule is Cc1ccc(Cl)cc1NC(=O)CSc1nnc(C(C)Oc2ccccc2C(C)C)n1CC(C)C. The Bertz CT molecular complexity index is 1130. The van der Waals surface area contributed by atoms with Gasteiger partial charge in [0.2, 0.25) is 5.91 Å². The van der Waals surface area contributed by atoms with Crippen molar-refractivity contribution in [3.05, 3.63) is 64.4 Å². The number of thioether (sulfide) groups is 1. The molecule has 0 spiro atoms. The Morgan fingerprint density at radius 3 is 2.56 bits per heavy atom. The molecule has 6 nitrogen and oxygen atoms in total. The Hall–Kier alpha value is -2.51. The lowest BCUT2D eigenvalue weighted by molar-refractivity contribution is -0.113. The standard InChI is InChI=1S/C26H33ClN4O2S/c1-16(2)14-31-25(19(6)33-23-10-8-7-9-21(23)17(3)4)29-30-26(31)34-15-24(32)28-22-13-20(27)12-11-18(22)5/h7-13,16-17,19H,14-15H2,1-6H3,(H,28,32). The van der Waals surface area contributed by atoms with Crippen molar-refractivity contribution >= 4 is 35.0 Å². The van der Waals surface area contributed by atoms with Gasteiger partial charge in [-0.05, 0) is 55.0 Å². The first-order chi connectivity index (χ1) is 16.2. The number of aromatic nitrogens is 3. The van der Waals surface area contributed by atoms with Gasteiger partial charge in [-0.15, -0.1) is 10.2 Å². The second-order valence-electron chi connectivity index (χ2n) is 9.09. The molecule has 182 valence electrons. The van der Waals surface area contributed by atoms with Gasteiger partial charge in [-0.2, -0.15) is 0 Å². The van der Waals surface area contributed by atoms with E-state index in [0.717, 1.165) is 29.2 Å². The minimum absolute atomic E-state index is 0.119. The first-order valence-electron chi connectivity index (χ1n) is 11.5. The number of para-hydroxylation sites is 1. The van der Waals surface area contributed by atoms with E-state index in [1.165, 1.54) is 11.8 Å². The van der Waals surface area contributed by atoms with Crippen molar-refractivity contribution < 1.29 is 9.53 Å². The molecule has 1 N–H and O–H groups in total. The molecule has 0 saturated heterocycles. The summed E-state index contributed by atoms with van der Waals surface area (Å²) in [5.74, 6) is 2.44. The van der Waals surface area contributed by atoms with Crippen LogP contribution in [-0.2, 0) is 11.3 Å². The highest BCUT2D eigenvalue weighted by molar-refractivity contribution is 7.99.